The standard InChI is InChI=1S/C14H20N2/c1-4-11(5-1)10-16-13-8-2-6-12-7-3-9-15-14(12)13/h3,7,9,11,13,16H,1-2,4-6,8,10H2. The largest absolute Gasteiger partial charge is 0.308 e. The average Bonchev–Trinajstić information content (AvgIpc) is 2.27. The monoisotopic (exact) mass is 216 g/mol. The van der Waals surface area contributed by atoms with Crippen molar-refractivity contribution in [1.29, 1.82) is 0 Å². The molecule has 0 saturated heterocycles. The Hall–Kier alpha value is -0.890. The van der Waals surface area contributed by atoms with Crippen molar-refractivity contribution in [2.75, 3.05) is 6.54 Å². The Morgan fingerprint density at radius 1 is 1.25 bits per heavy atom. The van der Waals surface area contributed by atoms with Crippen molar-refractivity contribution in [2.24, 2.45) is 5.92 Å². The topological polar surface area (TPSA) is 24.9 Å². The quantitative estimate of drug-likeness (QED) is 0.840. The summed E-state index contributed by atoms with van der Waals surface area (Å²) >= 11 is 0. The molecule has 16 heavy (non-hydrogen) atoms. The average molecular weight is 216 g/mol. The summed E-state index contributed by atoms with van der Waals surface area (Å²) in [6.07, 6.45) is 10.0. The first-order chi connectivity index (χ1) is 7.93. The lowest BCUT2D eigenvalue weighted by Gasteiger charge is -2.30. The molecule has 0 amide bonds. The van der Waals surface area contributed by atoms with E-state index >= 15 is 0 Å². The molecule has 2 aliphatic carbocycles. The fourth-order valence-corrected chi connectivity index (χ4v) is 2.81. The van der Waals surface area contributed by atoms with Gasteiger partial charge in [-0.25, -0.2) is 0 Å². The molecule has 1 aromatic heterocycles. The molecule has 86 valence electrons. The van der Waals surface area contributed by atoms with Gasteiger partial charge >= 0.3 is 0 Å². The van der Waals surface area contributed by atoms with E-state index in [0.29, 0.717) is 6.04 Å². The lowest BCUT2D eigenvalue weighted by molar-refractivity contribution is 0.281. The molecule has 2 heteroatoms. The number of nitrogens with one attached hydrogen (secondary N) is 1. The van der Waals surface area contributed by atoms with Crippen molar-refractivity contribution in [3.8, 4) is 0 Å². The first kappa shape index (κ1) is 10.3. The van der Waals surface area contributed by atoms with E-state index in [-0.39, 0.29) is 0 Å². The zero-order valence-corrected chi connectivity index (χ0v) is 9.78. The summed E-state index contributed by atoms with van der Waals surface area (Å²) in [6.45, 7) is 1.20. The van der Waals surface area contributed by atoms with Crippen LogP contribution in [0.2, 0.25) is 0 Å². The molecule has 2 nitrogen and oxygen atoms in total. The summed E-state index contributed by atoms with van der Waals surface area (Å²) in [6, 6.07) is 4.82. The summed E-state index contributed by atoms with van der Waals surface area (Å²) in [7, 11) is 0. The highest BCUT2D eigenvalue weighted by Crippen LogP contribution is 2.30. The van der Waals surface area contributed by atoms with Gasteiger partial charge in [-0.15, -0.1) is 0 Å². The molecule has 0 spiro atoms. The second-order valence-electron chi connectivity index (χ2n) is 5.20. The molecule has 1 aromatic rings. The third-order valence-electron chi connectivity index (χ3n) is 4.07. The molecule has 3 rings (SSSR count). The molecule has 1 N–H and O–H groups in total. The molecule has 2 aliphatic rings. The molecule has 0 aliphatic heterocycles. The second-order valence-corrected chi connectivity index (χ2v) is 5.20. The van der Waals surface area contributed by atoms with Gasteiger partial charge in [0.25, 0.3) is 0 Å². The van der Waals surface area contributed by atoms with Gasteiger partial charge in [-0.3, -0.25) is 4.98 Å². The van der Waals surface area contributed by atoms with Crippen LogP contribution in [0.25, 0.3) is 0 Å². The number of aryl methyl sites for hydroxylation is 1. The lowest BCUT2D eigenvalue weighted by Crippen LogP contribution is -2.32. The maximum Gasteiger partial charge on any atom is 0.0605 e. The predicted octanol–water partition coefficient (Wildman–Crippen LogP) is 2.85. The van der Waals surface area contributed by atoms with Crippen LogP contribution in [0.4, 0.5) is 0 Å². The molecule has 0 radical (unpaired) electrons. The number of fused-ring (bicyclic) bond motifs is 1. The highest BCUT2D eigenvalue weighted by molar-refractivity contribution is 5.25. The molecule has 1 saturated carbocycles. The van der Waals surface area contributed by atoms with Crippen LogP contribution in [0.5, 0.6) is 0 Å². The number of aromatic nitrogens is 1. The minimum Gasteiger partial charge on any atom is -0.308 e. The molecule has 0 aromatic carbocycles. The predicted molar refractivity (Wildman–Crippen MR) is 65.3 cm³/mol. The summed E-state index contributed by atoms with van der Waals surface area (Å²) < 4.78 is 0. The van der Waals surface area contributed by atoms with Gasteiger partial charge in [0.15, 0.2) is 0 Å². The normalized spacial score (nSPS) is 24.9. The third-order valence-corrected chi connectivity index (χ3v) is 4.07. The second kappa shape index (κ2) is 4.54. The molecule has 1 unspecified atom stereocenters. The van der Waals surface area contributed by atoms with Gasteiger partial charge in [0.2, 0.25) is 0 Å². The van der Waals surface area contributed by atoms with E-state index in [9.17, 15) is 0 Å². The van der Waals surface area contributed by atoms with Gasteiger partial charge < -0.3 is 5.32 Å². The number of hydrogen-bond acceptors (Lipinski definition) is 2. The number of pyridine rings is 1. The van der Waals surface area contributed by atoms with Crippen molar-refractivity contribution in [1.82, 2.24) is 10.3 Å². The fourth-order valence-electron chi connectivity index (χ4n) is 2.81. The van der Waals surface area contributed by atoms with Gasteiger partial charge in [0.05, 0.1) is 5.69 Å². The molecular formula is C14H20N2. The van der Waals surface area contributed by atoms with Crippen molar-refractivity contribution in [3.63, 3.8) is 0 Å². The van der Waals surface area contributed by atoms with Gasteiger partial charge in [0.1, 0.15) is 0 Å². The van der Waals surface area contributed by atoms with E-state index in [1.54, 1.807) is 0 Å². The smallest absolute Gasteiger partial charge is 0.0605 e. The zero-order chi connectivity index (χ0) is 10.8. The molecule has 1 heterocycles. The van der Waals surface area contributed by atoms with E-state index in [2.05, 4.69) is 22.4 Å². The fraction of sp³-hybridized carbons (Fsp3) is 0.643. The van der Waals surface area contributed by atoms with Crippen LogP contribution in [-0.2, 0) is 6.42 Å². The SMILES string of the molecule is c1cnc2c(c1)CCCC2NCC1CCC1. The Morgan fingerprint density at radius 3 is 3.00 bits per heavy atom. The van der Waals surface area contributed by atoms with Crippen LogP contribution in [0.1, 0.15) is 49.4 Å². The van der Waals surface area contributed by atoms with Crippen LogP contribution in [-0.4, -0.2) is 11.5 Å². The van der Waals surface area contributed by atoms with Gasteiger partial charge in [-0.2, -0.15) is 0 Å². The first-order valence-electron chi connectivity index (χ1n) is 6.60. The van der Waals surface area contributed by atoms with Crippen LogP contribution < -0.4 is 5.32 Å². The highest BCUT2D eigenvalue weighted by Gasteiger charge is 2.23. The summed E-state index contributed by atoms with van der Waals surface area (Å²) in [4.78, 5) is 4.56. The minimum atomic E-state index is 0.519. The van der Waals surface area contributed by atoms with Crippen molar-refractivity contribution in [3.05, 3.63) is 29.6 Å². The maximum absolute atomic E-state index is 4.56. The Bertz CT molecular complexity index is 358. The van der Waals surface area contributed by atoms with E-state index in [4.69, 9.17) is 0 Å². The van der Waals surface area contributed by atoms with Crippen LogP contribution >= 0.6 is 0 Å². The number of nitrogens with zero attached hydrogens (tertiary/aromatic N) is 1. The Balaban J connectivity index is 1.66. The summed E-state index contributed by atoms with van der Waals surface area (Å²) in [5, 5.41) is 3.72. The van der Waals surface area contributed by atoms with E-state index < -0.39 is 0 Å². The van der Waals surface area contributed by atoms with Gasteiger partial charge in [-0.1, -0.05) is 12.5 Å². The molecule has 1 fully saturated rings. The van der Waals surface area contributed by atoms with E-state index in [0.717, 1.165) is 5.92 Å². The molecule has 0 bridgehead atoms. The summed E-state index contributed by atoms with van der Waals surface area (Å²) in [5.74, 6) is 0.939. The molecular weight excluding hydrogens is 196 g/mol. The van der Waals surface area contributed by atoms with Crippen molar-refractivity contribution < 1.29 is 0 Å². The Labute approximate surface area is 97.5 Å². The zero-order valence-electron chi connectivity index (χ0n) is 9.78. The maximum atomic E-state index is 4.56. The molecule has 1 atom stereocenters. The number of hydrogen-bond donors (Lipinski definition) is 1. The van der Waals surface area contributed by atoms with E-state index in [1.165, 1.54) is 56.3 Å². The summed E-state index contributed by atoms with van der Waals surface area (Å²) in [5.41, 5.74) is 2.77. The first-order valence-corrected chi connectivity index (χ1v) is 6.60. The third kappa shape index (κ3) is 1.99. The van der Waals surface area contributed by atoms with Gasteiger partial charge in [-0.05, 0) is 56.2 Å². The van der Waals surface area contributed by atoms with Crippen LogP contribution in [0, 0.1) is 5.92 Å². The number of rotatable bonds is 3. The van der Waals surface area contributed by atoms with Crippen molar-refractivity contribution in [2.45, 2.75) is 44.6 Å². The van der Waals surface area contributed by atoms with Crippen LogP contribution in [0.3, 0.4) is 0 Å². The van der Waals surface area contributed by atoms with Crippen LogP contribution in [0.15, 0.2) is 18.3 Å². The van der Waals surface area contributed by atoms with Gasteiger partial charge in [0, 0.05) is 12.2 Å². The lowest BCUT2D eigenvalue weighted by atomic mass is 9.84. The van der Waals surface area contributed by atoms with E-state index in [1.807, 2.05) is 6.20 Å². The Morgan fingerprint density at radius 2 is 2.19 bits per heavy atom. The Kier molecular flexibility index (Phi) is 2.92. The van der Waals surface area contributed by atoms with Crippen molar-refractivity contribution >= 4 is 0 Å². The highest BCUT2D eigenvalue weighted by atomic mass is 14.9. The minimum absolute atomic E-state index is 0.519.